The van der Waals surface area contributed by atoms with Crippen LogP contribution >= 0.6 is 46.0 Å². The molecule has 12 heteroatoms. The molecule has 0 radical (unpaired) electrons. The van der Waals surface area contributed by atoms with Gasteiger partial charge < -0.3 is 9.84 Å². The highest BCUT2D eigenvalue weighted by Gasteiger charge is 2.46. The Hall–Kier alpha value is -3.25. The van der Waals surface area contributed by atoms with Crippen molar-refractivity contribution in [1.82, 2.24) is 15.2 Å². The maximum atomic E-state index is 13.8. The number of thiazole rings is 1. The lowest BCUT2D eigenvalue weighted by Crippen LogP contribution is -2.31. The molecule has 3 heterocycles. The van der Waals surface area contributed by atoms with Gasteiger partial charge in [-0.3, -0.25) is 14.5 Å². The maximum Gasteiger partial charge on any atom is 0.296 e. The number of Topliss-reactive ketones (excluding diaryl/α,β-unsaturated/α-hetero) is 1. The first-order valence-corrected chi connectivity index (χ1v) is 16.0. The number of nitrogens with zero attached hydrogens (tertiary/aromatic N) is 4. The van der Waals surface area contributed by atoms with Gasteiger partial charge in [-0.1, -0.05) is 78.4 Å². The number of unbranched alkanes of at least 4 members (excludes halogenated alkanes) is 1. The van der Waals surface area contributed by atoms with E-state index >= 15 is 0 Å². The Bertz CT molecular complexity index is 1620. The quantitative estimate of drug-likeness (QED) is 0.0789. The molecule has 0 saturated heterocycles. The van der Waals surface area contributed by atoms with Crippen LogP contribution in [-0.2, 0) is 10.5 Å². The number of ether oxygens (including phenoxy) is 1. The fraction of sp³-hybridized carbons (Fsp3) is 0.276. The second-order valence-electron chi connectivity index (χ2n) is 9.32. The molecular formula is C29H27ClN4O4S3. The lowest BCUT2D eigenvalue weighted by Gasteiger charge is -2.24. The maximum absolute atomic E-state index is 13.8. The minimum Gasteiger partial charge on any atom is -0.503 e. The molecule has 0 bridgehead atoms. The Morgan fingerprint density at radius 2 is 1.88 bits per heavy atom. The van der Waals surface area contributed by atoms with E-state index in [4.69, 9.17) is 16.3 Å². The van der Waals surface area contributed by atoms with Crippen molar-refractivity contribution in [1.29, 1.82) is 0 Å². The minimum absolute atomic E-state index is 0.0122. The van der Waals surface area contributed by atoms with E-state index in [2.05, 4.69) is 22.1 Å². The van der Waals surface area contributed by atoms with Crippen molar-refractivity contribution in [2.75, 3.05) is 11.5 Å². The summed E-state index contributed by atoms with van der Waals surface area (Å²) in [5, 5.41) is 21.3. The van der Waals surface area contributed by atoms with E-state index in [1.165, 1.54) is 39.3 Å². The third kappa shape index (κ3) is 6.18. The number of amides is 1. The van der Waals surface area contributed by atoms with Gasteiger partial charge in [-0.15, -0.1) is 21.5 Å². The van der Waals surface area contributed by atoms with Crippen LogP contribution in [0.25, 0.3) is 0 Å². The van der Waals surface area contributed by atoms with Crippen molar-refractivity contribution in [3.63, 3.8) is 0 Å². The Balaban J connectivity index is 1.49. The molecule has 1 N–H and O–H groups in total. The van der Waals surface area contributed by atoms with Crippen LogP contribution in [0.5, 0.6) is 5.75 Å². The number of aliphatic hydroxyl groups is 1. The number of aliphatic hydroxyl groups excluding tert-OH is 1. The summed E-state index contributed by atoms with van der Waals surface area (Å²) in [6, 6.07) is 13.9. The zero-order chi connectivity index (χ0) is 29.1. The van der Waals surface area contributed by atoms with Gasteiger partial charge in [-0.2, -0.15) is 0 Å². The Morgan fingerprint density at radius 3 is 2.56 bits per heavy atom. The highest BCUT2D eigenvalue weighted by Crippen LogP contribution is 2.45. The number of benzene rings is 2. The molecule has 2 aromatic carbocycles. The van der Waals surface area contributed by atoms with Crippen molar-refractivity contribution in [2.24, 2.45) is 0 Å². The van der Waals surface area contributed by atoms with Crippen molar-refractivity contribution in [2.45, 2.75) is 49.7 Å². The molecule has 212 valence electrons. The van der Waals surface area contributed by atoms with Crippen LogP contribution in [0.1, 0.15) is 57.3 Å². The number of hydrogen-bond donors (Lipinski definition) is 1. The smallest absolute Gasteiger partial charge is 0.296 e. The van der Waals surface area contributed by atoms with Crippen LogP contribution in [0.4, 0.5) is 5.13 Å². The summed E-state index contributed by atoms with van der Waals surface area (Å²) in [5.74, 6) is -0.495. The summed E-state index contributed by atoms with van der Waals surface area (Å²) in [5.41, 5.74) is 2.13. The first-order chi connectivity index (χ1) is 19.8. The molecule has 41 heavy (non-hydrogen) atoms. The van der Waals surface area contributed by atoms with Crippen LogP contribution < -0.4 is 9.64 Å². The van der Waals surface area contributed by atoms with Gasteiger partial charge in [0.1, 0.15) is 5.75 Å². The molecule has 4 aromatic rings. The molecule has 8 nitrogen and oxygen atoms in total. The number of thioether (sulfide) groups is 1. The second-order valence-corrected chi connectivity index (χ2v) is 13.1. The third-order valence-electron chi connectivity index (χ3n) is 6.44. The second kappa shape index (κ2) is 12.7. The lowest BCUT2D eigenvalue weighted by atomic mass is 9.95. The molecule has 0 saturated carbocycles. The van der Waals surface area contributed by atoms with Gasteiger partial charge in [-0.05, 0) is 49.6 Å². The van der Waals surface area contributed by atoms with E-state index in [0.717, 1.165) is 23.4 Å². The summed E-state index contributed by atoms with van der Waals surface area (Å²) in [4.78, 5) is 33.5. The minimum atomic E-state index is -0.907. The number of aryl methyl sites for hydroxylation is 2. The van der Waals surface area contributed by atoms with E-state index in [9.17, 15) is 14.7 Å². The molecule has 1 aliphatic rings. The van der Waals surface area contributed by atoms with Crippen LogP contribution in [-0.4, -0.2) is 38.6 Å². The fourth-order valence-electron chi connectivity index (χ4n) is 4.41. The zero-order valence-electron chi connectivity index (χ0n) is 22.6. The summed E-state index contributed by atoms with van der Waals surface area (Å²) >= 11 is 10.2. The Labute approximate surface area is 255 Å². The van der Waals surface area contributed by atoms with E-state index in [1.54, 1.807) is 31.2 Å². The highest BCUT2D eigenvalue weighted by molar-refractivity contribution is 8.00. The zero-order valence-corrected chi connectivity index (χ0v) is 25.8. The number of anilines is 1. The number of hydrogen-bond acceptors (Lipinski definition) is 10. The molecule has 1 unspecified atom stereocenters. The SMILES string of the molecule is CCCCOc1ccc(C2C(C(=O)c3sc(C)nc3C)=C(O)C(=O)N2c2nnc(SCc3ccccc3Cl)s2)cc1. The largest absolute Gasteiger partial charge is 0.503 e. The molecule has 0 fully saturated rings. The molecule has 1 atom stereocenters. The molecule has 0 spiro atoms. The average molecular weight is 627 g/mol. The number of halogens is 1. The number of ketones is 1. The third-order valence-corrected chi connectivity index (χ3v) is 9.98. The van der Waals surface area contributed by atoms with Crippen LogP contribution in [0.3, 0.4) is 0 Å². The molecule has 1 aliphatic heterocycles. The van der Waals surface area contributed by atoms with Crippen molar-refractivity contribution < 1.29 is 19.4 Å². The van der Waals surface area contributed by atoms with Gasteiger partial charge in [0.05, 0.1) is 33.8 Å². The summed E-state index contributed by atoms with van der Waals surface area (Å²) in [7, 11) is 0. The van der Waals surface area contributed by atoms with E-state index in [1.807, 2.05) is 31.2 Å². The van der Waals surface area contributed by atoms with E-state index in [-0.39, 0.29) is 10.7 Å². The number of rotatable bonds is 11. The summed E-state index contributed by atoms with van der Waals surface area (Å²) in [6.07, 6.45) is 1.95. The monoisotopic (exact) mass is 626 g/mol. The molecule has 5 rings (SSSR count). The van der Waals surface area contributed by atoms with Crippen molar-refractivity contribution in [3.05, 3.63) is 91.6 Å². The van der Waals surface area contributed by atoms with Crippen LogP contribution in [0, 0.1) is 13.8 Å². The predicted molar refractivity (Wildman–Crippen MR) is 164 cm³/mol. The molecular weight excluding hydrogens is 600 g/mol. The lowest BCUT2D eigenvalue weighted by molar-refractivity contribution is -0.117. The van der Waals surface area contributed by atoms with Gasteiger partial charge in [-0.25, -0.2) is 4.98 Å². The van der Waals surface area contributed by atoms with Gasteiger partial charge in [0, 0.05) is 10.8 Å². The molecule has 1 amide bonds. The number of carbonyl (C=O) groups is 2. The topological polar surface area (TPSA) is 106 Å². The first-order valence-electron chi connectivity index (χ1n) is 13.0. The van der Waals surface area contributed by atoms with Gasteiger partial charge >= 0.3 is 0 Å². The van der Waals surface area contributed by atoms with Gasteiger partial charge in [0.2, 0.25) is 10.9 Å². The first kappa shape index (κ1) is 29.2. The fourth-order valence-corrected chi connectivity index (χ4v) is 7.44. The van der Waals surface area contributed by atoms with Crippen LogP contribution in [0.2, 0.25) is 5.02 Å². The van der Waals surface area contributed by atoms with Crippen molar-refractivity contribution >= 4 is 62.9 Å². The van der Waals surface area contributed by atoms with Crippen LogP contribution in [0.15, 0.2) is 64.2 Å². The Morgan fingerprint density at radius 1 is 1.12 bits per heavy atom. The van der Waals surface area contributed by atoms with Crippen molar-refractivity contribution in [3.8, 4) is 5.75 Å². The van der Waals surface area contributed by atoms with Gasteiger partial charge in [0.15, 0.2) is 10.1 Å². The molecule has 0 aliphatic carbocycles. The van der Waals surface area contributed by atoms with E-state index in [0.29, 0.717) is 43.6 Å². The van der Waals surface area contributed by atoms with Gasteiger partial charge in [0.25, 0.3) is 5.91 Å². The summed E-state index contributed by atoms with van der Waals surface area (Å²) in [6.45, 7) is 6.24. The highest BCUT2D eigenvalue weighted by atomic mass is 35.5. The number of aromatic nitrogens is 3. The molecule has 2 aromatic heterocycles. The normalized spacial score (nSPS) is 15.2. The average Bonchev–Trinajstić information content (AvgIpc) is 3.64. The summed E-state index contributed by atoms with van der Waals surface area (Å²) < 4.78 is 6.43. The predicted octanol–water partition coefficient (Wildman–Crippen LogP) is 7.52. The van der Waals surface area contributed by atoms with E-state index < -0.39 is 23.5 Å². The Kier molecular flexibility index (Phi) is 9.08. The standard InChI is InChI=1S/C29H27ClN4O4S3/c1-4-5-14-38-20-12-10-18(11-13-20)23-22(24(35)26-16(2)31-17(3)40-26)25(36)27(37)34(23)28-32-33-29(41-28)39-15-19-8-6-7-9-21(19)30/h6-13,23,36H,4-5,14-15H2,1-3H3. The number of carbonyl (C=O) groups excluding carboxylic acids is 2.